The Hall–Kier alpha value is -1.01. The Morgan fingerprint density at radius 3 is 2.78 bits per heavy atom. The lowest BCUT2D eigenvalue weighted by Crippen LogP contribution is -2.19. The van der Waals surface area contributed by atoms with Crippen LogP contribution in [-0.2, 0) is 11.3 Å². The van der Waals surface area contributed by atoms with Crippen molar-refractivity contribution in [3.63, 3.8) is 0 Å². The van der Waals surface area contributed by atoms with Crippen LogP contribution >= 0.6 is 0 Å². The normalized spacial score (nSPS) is 13.8. The molecule has 104 valence electrons. The van der Waals surface area contributed by atoms with E-state index in [0.29, 0.717) is 13.0 Å². The van der Waals surface area contributed by atoms with Crippen LogP contribution in [0.3, 0.4) is 0 Å². The van der Waals surface area contributed by atoms with E-state index in [1.807, 2.05) is 36.9 Å². The molecule has 0 bridgehead atoms. The fourth-order valence-electron chi connectivity index (χ4n) is 1.70. The summed E-state index contributed by atoms with van der Waals surface area (Å²) < 4.78 is 42.1. The smallest absolute Gasteiger partial charge is 0.372 e. The van der Waals surface area contributed by atoms with E-state index in [0.717, 1.165) is 5.69 Å². The fraction of sp³-hybridized carbons (Fsp3) is 0.667. The van der Waals surface area contributed by atoms with Gasteiger partial charge in [0, 0.05) is 31.1 Å². The Morgan fingerprint density at radius 1 is 1.44 bits per heavy atom. The van der Waals surface area contributed by atoms with Gasteiger partial charge < -0.3 is 14.6 Å². The van der Waals surface area contributed by atoms with E-state index < -0.39 is 12.8 Å². The number of aryl methyl sites for hydroxylation is 1. The van der Waals surface area contributed by atoms with E-state index in [1.165, 1.54) is 0 Å². The molecule has 0 spiro atoms. The Bertz CT molecular complexity index is 349. The number of halogens is 3. The molecule has 0 aliphatic rings. The third-order valence-corrected chi connectivity index (χ3v) is 2.69. The number of alkyl halides is 3. The van der Waals surface area contributed by atoms with Crippen LogP contribution in [0.25, 0.3) is 0 Å². The van der Waals surface area contributed by atoms with Gasteiger partial charge >= 0.3 is 6.18 Å². The second-order valence-corrected chi connectivity index (χ2v) is 4.16. The minimum absolute atomic E-state index is 0.116. The highest BCUT2D eigenvalue weighted by molar-refractivity contribution is 5.11. The average Bonchev–Trinajstić information content (AvgIpc) is 2.74. The Morgan fingerprint density at radius 2 is 2.17 bits per heavy atom. The summed E-state index contributed by atoms with van der Waals surface area (Å²) in [5, 5.41) is 3.13. The maximum Gasteiger partial charge on any atom is 0.411 e. The van der Waals surface area contributed by atoms with Gasteiger partial charge in [-0.05, 0) is 32.5 Å². The highest BCUT2D eigenvalue weighted by atomic mass is 19.4. The van der Waals surface area contributed by atoms with Crippen LogP contribution < -0.4 is 5.32 Å². The van der Waals surface area contributed by atoms with Gasteiger partial charge in [0.15, 0.2) is 0 Å². The quantitative estimate of drug-likeness (QED) is 0.766. The first kappa shape index (κ1) is 15.0. The number of aromatic nitrogens is 1. The predicted molar refractivity (Wildman–Crippen MR) is 63.4 cm³/mol. The molecule has 0 aliphatic carbocycles. The molecule has 1 unspecified atom stereocenters. The van der Waals surface area contributed by atoms with Crippen molar-refractivity contribution in [1.29, 1.82) is 0 Å². The van der Waals surface area contributed by atoms with Crippen molar-refractivity contribution in [3.05, 3.63) is 24.0 Å². The molecular formula is C12H19F3N2O. The number of ether oxygens (including phenoxy) is 1. The van der Waals surface area contributed by atoms with Gasteiger partial charge in [-0.2, -0.15) is 13.2 Å². The van der Waals surface area contributed by atoms with Gasteiger partial charge in [0.25, 0.3) is 0 Å². The first-order chi connectivity index (χ1) is 8.44. The second-order valence-electron chi connectivity index (χ2n) is 4.16. The highest BCUT2D eigenvalue weighted by Crippen LogP contribution is 2.15. The van der Waals surface area contributed by atoms with Gasteiger partial charge in [0.2, 0.25) is 0 Å². The summed E-state index contributed by atoms with van der Waals surface area (Å²) in [4.78, 5) is 0. The van der Waals surface area contributed by atoms with Crippen LogP contribution in [0.5, 0.6) is 0 Å². The molecule has 0 aliphatic heterocycles. The zero-order valence-electron chi connectivity index (χ0n) is 10.6. The van der Waals surface area contributed by atoms with Crippen LogP contribution in [0.1, 0.15) is 25.1 Å². The standard InChI is InChI=1S/C12H19F3N2O/c1-10(16-2)11-5-3-6-17(11)7-4-8-18-9-12(13,14)15/h3,5-6,10,16H,4,7-9H2,1-2H3. The van der Waals surface area contributed by atoms with Crippen LogP contribution in [0.15, 0.2) is 18.3 Å². The monoisotopic (exact) mass is 264 g/mol. The molecule has 18 heavy (non-hydrogen) atoms. The van der Waals surface area contributed by atoms with Crippen LogP contribution in [0.2, 0.25) is 0 Å². The fourth-order valence-corrected chi connectivity index (χ4v) is 1.70. The van der Waals surface area contributed by atoms with Gasteiger partial charge in [0.05, 0.1) is 0 Å². The Kier molecular flexibility index (Phi) is 5.68. The molecule has 0 amide bonds. The zero-order chi connectivity index (χ0) is 13.6. The van der Waals surface area contributed by atoms with Crippen molar-refractivity contribution < 1.29 is 17.9 Å². The zero-order valence-corrected chi connectivity index (χ0v) is 10.6. The van der Waals surface area contributed by atoms with Gasteiger partial charge in [-0.15, -0.1) is 0 Å². The van der Waals surface area contributed by atoms with Crippen molar-refractivity contribution >= 4 is 0 Å². The van der Waals surface area contributed by atoms with Crippen molar-refractivity contribution in [2.24, 2.45) is 0 Å². The Labute approximate surface area is 105 Å². The van der Waals surface area contributed by atoms with Crippen molar-refractivity contribution in [3.8, 4) is 0 Å². The molecule has 1 atom stereocenters. The minimum Gasteiger partial charge on any atom is -0.372 e. The molecule has 1 heterocycles. The molecule has 0 radical (unpaired) electrons. The number of nitrogens with zero attached hydrogens (tertiary/aromatic N) is 1. The van der Waals surface area contributed by atoms with Gasteiger partial charge in [0.1, 0.15) is 6.61 Å². The highest BCUT2D eigenvalue weighted by Gasteiger charge is 2.27. The van der Waals surface area contributed by atoms with Gasteiger partial charge in [-0.1, -0.05) is 0 Å². The number of rotatable bonds is 7. The third-order valence-electron chi connectivity index (χ3n) is 2.69. The summed E-state index contributed by atoms with van der Waals surface area (Å²) in [5.41, 5.74) is 1.12. The summed E-state index contributed by atoms with van der Waals surface area (Å²) in [5.74, 6) is 0. The second kappa shape index (κ2) is 6.80. The van der Waals surface area contributed by atoms with Crippen molar-refractivity contribution in [2.45, 2.75) is 32.1 Å². The lowest BCUT2D eigenvalue weighted by Gasteiger charge is -2.15. The van der Waals surface area contributed by atoms with E-state index >= 15 is 0 Å². The molecule has 1 N–H and O–H groups in total. The van der Waals surface area contributed by atoms with Crippen LogP contribution in [0, 0.1) is 0 Å². The van der Waals surface area contributed by atoms with Crippen LogP contribution in [-0.4, -0.2) is 31.0 Å². The molecule has 3 nitrogen and oxygen atoms in total. The summed E-state index contributed by atoms with van der Waals surface area (Å²) in [6, 6.07) is 4.15. The molecule has 0 saturated heterocycles. The number of hydrogen-bond donors (Lipinski definition) is 1. The topological polar surface area (TPSA) is 26.2 Å². The molecule has 1 aromatic rings. The SMILES string of the molecule is CNC(C)c1cccn1CCCOCC(F)(F)F. The molecule has 0 fully saturated rings. The Balaban J connectivity index is 2.29. The molecular weight excluding hydrogens is 245 g/mol. The van der Waals surface area contributed by atoms with E-state index in [9.17, 15) is 13.2 Å². The molecule has 1 aromatic heterocycles. The van der Waals surface area contributed by atoms with E-state index in [-0.39, 0.29) is 12.6 Å². The van der Waals surface area contributed by atoms with Crippen LogP contribution in [0.4, 0.5) is 13.2 Å². The van der Waals surface area contributed by atoms with Gasteiger partial charge in [-0.25, -0.2) is 0 Å². The molecule has 0 aromatic carbocycles. The maximum absolute atomic E-state index is 11.8. The molecule has 0 saturated carbocycles. The largest absolute Gasteiger partial charge is 0.411 e. The van der Waals surface area contributed by atoms with E-state index in [4.69, 9.17) is 0 Å². The number of hydrogen-bond acceptors (Lipinski definition) is 2. The predicted octanol–water partition coefficient (Wildman–Crippen LogP) is 2.74. The maximum atomic E-state index is 11.8. The molecule has 6 heteroatoms. The summed E-state index contributed by atoms with van der Waals surface area (Å²) >= 11 is 0. The number of nitrogens with one attached hydrogen (secondary N) is 1. The third kappa shape index (κ3) is 5.10. The molecule has 1 rings (SSSR count). The van der Waals surface area contributed by atoms with Crippen molar-refractivity contribution in [1.82, 2.24) is 9.88 Å². The lowest BCUT2D eigenvalue weighted by atomic mass is 10.2. The van der Waals surface area contributed by atoms with Crippen molar-refractivity contribution in [2.75, 3.05) is 20.3 Å². The first-order valence-electron chi connectivity index (χ1n) is 5.91. The van der Waals surface area contributed by atoms with Gasteiger partial charge in [-0.3, -0.25) is 0 Å². The summed E-state index contributed by atoms with van der Waals surface area (Å²) in [6.07, 6.45) is -1.75. The lowest BCUT2D eigenvalue weighted by molar-refractivity contribution is -0.174. The summed E-state index contributed by atoms with van der Waals surface area (Å²) in [7, 11) is 1.87. The van der Waals surface area contributed by atoms with E-state index in [1.54, 1.807) is 0 Å². The first-order valence-corrected chi connectivity index (χ1v) is 5.91. The summed E-state index contributed by atoms with van der Waals surface area (Å²) in [6.45, 7) is 1.64. The van der Waals surface area contributed by atoms with E-state index in [2.05, 4.69) is 10.1 Å². The average molecular weight is 264 g/mol. The minimum atomic E-state index is -4.24.